The molecule has 30 heavy (non-hydrogen) atoms. The van der Waals surface area contributed by atoms with Gasteiger partial charge in [0.1, 0.15) is 5.52 Å². The molecular formula is C23H18ClN3O2S. The number of hydrogen-bond acceptors (Lipinski definition) is 4. The van der Waals surface area contributed by atoms with Crippen molar-refractivity contribution in [2.24, 2.45) is 0 Å². The molecule has 7 heteroatoms. The molecule has 0 atom stereocenters. The second kappa shape index (κ2) is 8.26. The summed E-state index contributed by atoms with van der Waals surface area (Å²) in [5.41, 5.74) is 5.45. The van der Waals surface area contributed by atoms with Crippen LogP contribution in [0.5, 0.6) is 0 Å². The van der Waals surface area contributed by atoms with Crippen LogP contribution in [0.4, 0.5) is 5.69 Å². The number of thiocarbonyl (C=S) groups is 1. The number of para-hydroxylation sites is 2. The molecule has 0 aliphatic carbocycles. The summed E-state index contributed by atoms with van der Waals surface area (Å²) in [6, 6.07) is 18.4. The Kier molecular flexibility index (Phi) is 5.53. The molecule has 0 bridgehead atoms. The van der Waals surface area contributed by atoms with Gasteiger partial charge in [0.05, 0.1) is 10.7 Å². The van der Waals surface area contributed by atoms with Crippen molar-refractivity contribution < 1.29 is 9.21 Å². The molecule has 3 aromatic carbocycles. The third-order valence-corrected chi connectivity index (χ3v) is 5.29. The topological polar surface area (TPSA) is 67.2 Å². The van der Waals surface area contributed by atoms with Crippen LogP contribution in [0.3, 0.4) is 0 Å². The van der Waals surface area contributed by atoms with Crippen LogP contribution in [0.25, 0.3) is 22.6 Å². The van der Waals surface area contributed by atoms with Gasteiger partial charge in [0.2, 0.25) is 5.89 Å². The molecule has 0 aliphatic heterocycles. The van der Waals surface area contributed by atoms with E-state index < -0.39 is 0 Å². The van der Waals surface area contributed by atoms with Crippen LogP contribution in [0.1, 0.15) is 21.5 Å². The number of carbonyl (C=O) groups is 1. The van der Waals surface area contributed by atoms with E-state index in [4.69, 9.17) is 28.2 Å². The standard InChI is InChI=1S/C23H18ClN3O2S/c1-13-7-8-15(11-14(13)2)21(28)27-23(30)26-19-12-16(9-10-17(19)24)22-25-18-5-3-4-6-20(18)29-22/h3-12H,1-2H3,(H2,26,27,28,30). The third-order valence-electron chi connectivity index (χ3n) is 4.75. The summed E-state index contributed by atoms with van der Waals surface area (Å²) in [6.45, 7) is 3.95. The fourth-order valence-electron chi connectivity index (χ4n) is 2.96. The highest BCUT2D eigenvalue weighted by Crippen LogP contribution is 2.30. The molecule has 0 aliphatic rings. The van der Waals surface area contributed by atoms with E-state index in [2.05, 4.69) is 15.6 Å². The van der Waals surface area contributed by atoms with E-state index in [1.165, 1.54) is 0 Å². The zero-order chi connectivity index (χ0) is 21.3. The van der Waals surface area contributed by atoms with E-state index in [1.807, 2.05) is 56.3 Å². The molecule has 0 radical (unpaired) electrons. The normalized spacial score (nSPS) is 10.8. The predicted octanol–water partition coefficient (Wildman–Crippen LogP) is 5.89. The van der Waals surface area contributed by atoms with Crippen LogP contribution in [0, 0.1) is 13.8 Å². The van der Waals surface area contributed by atoms with Crippen molar-refractivity contribution in [2.75, 3.05) is 5.32 Å². The molecule has 1 aromatic heterocycles. The number of nitrogens with zero attached hydrogens (tertiary/aromatic N) is 1. The number of nitrogens with one attached hydrogen (secondary N) is 2. The first-order valence-electron chi connectivity index (χ1n) is 9.26. The van der Waals surface area contributed by atoms with Crippen molar-refractivity contribution in [1.82, 2.24) is 10.3 Å². The van der Waals surface area contributed by atoms with Crippen LogP contribution in [-0.4, -0.2) is 16.0 Å². The van der Waals surface area contributed by atoms with Gasteiger partial charge >= 0.3 is 0 Å². The predicted molar refractivity (Wildman–Crippen MR) is 124 cm³/mol. The molecule has 2 N–H and O–H groups in total. The molecule has 150 valence electrons. The molecule has 0 saturated carbocycles. The second-order valence-corrected chi connectivity index (χ2v) is 7.70. The molecule has 1 heterocycles. The number of aromatic nitrogens is 1. The number of fused-ring (bicyclic) bond motifs is 1. The van der Waals surface area contributed by atoms with Gasteiger partial charge in [-0.3, -0.25) is 10.1 Å². The Labute approximate surface area is 184 Å². The lowest BCUT2D eigenvalue weighted by Crippen LogP contribution is -2.34. The van der Waals surface area contributed by atoms with E-state index in [1.54, 1.807) is 18.2 Å². The second-order valence-electron chi connectivity index (χ2n) is 6.89. The zero-order valence-electron chi connectivity index (χ0n) is 16.3. The molecular weight excluding hydrogens is 418 g/mol. The van der Waals surface area contributed by atoms with E-state index >= 15 is 0 Å². The fraction of sp³-hybridized carbons (Fsp3) is 0.0870. The largest absolute Gasteiger partial charge is 0.436 e. The van der Waals surface area contributed by atoms with Crippen molar-refractivity contribution in [1.29, 1.82) is 0 Å². The lowest BCUT2D eigenvalue weighted by molar-refractivity contribution is 0.0977. The zero-order valence-corrected chi connectivity index (χ0v) is 17.9. The minimum atomic E-state index is -0.290. The molecule has 5 nitrogen and oxygen atoms in total. The number of anilines is 1. The Bertz CT molecular complexity index is 1250. The average Bonchev–Trinajstić information content (AvgIpc) is 3.16. The Morgan fingerprint density at radius 1 is 1.03 bits per heavy atom. The Hall–Kier alpha value is -3.22. The van der Waals surface area contributed by atoms with Gasteiger partial charge in [-0.15, -0.1) is 0 Å². The SMILES string of the molecule is Cc1ccc(C(=O)NC(=S)Nc2cc(-c3nc4ccccc4o3)ccc2Cl)cc1C. The lowest BCUT2D eigenvalue weighted by Gasteiger charge is -2.12. The summed E-state index contributed by atoms with van der Waals surface area (Å²) >= 11 is 11.6. The van der Waals surface area contributed by atoms with Crippen molar-refractivity contribution >= 4 is 51.6 Å². The van der Waals surface area contributed by atoms with Crippen LogP contribution in [0.15, 0.2) is 65.1 Å². The monoisotopic (exact) mass is 435 g/mol. The van der Waals surface area contributed by atoms with Gasteiger partial charge < -0.3 is 9.73 Å². The molecule has 0 spiro atoms. The van der Waals surface area contributed by atoms with Gasteiger partial charge in [-0.25, -0.2) is 4.98 Å². The van der Waals surface area contributed by atoms with Crippen LogP contribution >= 0.6 is 23.8 Å². The summed E-state index contributed by atoms with van der Waals surface area (Å²) in [4.78, 5) is 17.0. The minimum Gasteiger partial charge on any atom is -0.436 e. The van der Waals surface area contributed by atoms with Gasteiger partial charge in [0, 0.05) is 11.1 Å². The molecule has 1 amide bonds. The van der Waals surface area contributed by atoms with Gasteiger partial charge in [-0.2, -0.15) is 0 Å². The number of rotatable bonds is 3. The summed E-state index contributed by atoms with van der Waals surface area (Å²) in [5.74, 6) is 0.183. The minimum absolute atomic E-state index is 0.148. The summed E-state index contributed by atoms with van der Waals surface area (Å²) in [6.07, 6.45) is 0. The highest BCUT2D eigenvalue weighted by Gasteiger charge is 2.13. The van der Waals surface area contributed by atoms with E-state index in [0.29, 0.717) is 27.7 Å². The highest BCUT2D eigenvalue weighted by atomic mass is 35.5. The van der Waals surface area contributed by atoms with E-state index in [-0.39, 0.29) is 11.0 Å². The third kappa shape index (κ3) is 4.20. The molecule has 4 rings (SSSR count). The van der Waals surface area contributed by atoms with Crippen molar-refractivity contribution in [3.05, 3.63) is 82.4 Å². The first kappa shape index (κ1) is 20.1. The van der Waals surface area contributed by atoms with Crippen molar-refractivity contribution in [2.45, 2.75) is 13.8 Å². The number of aryl methyl sites for hydroxylation is 2. The molecule has 0 fully saturated rings. The Balaban J connectivity index is 1.52. The molecule has 0 saturated heterocycles. The van der Waals surface area contributed by atoms with Crippen LogP contribution in [0.2, 0.25) is 5.02 Å². The van der Waals surface area contributed by atoms with Gasteiger partial charge in [-0.1, -0.05) is 29.8 Å². The number of amides is 1. The van der Waals surface area contributed by atoms with Crippen LogP contribution in [-0.2, 0) is 0 Å². The van der Waals surface area contributed by atoms with Crippen molar-refractivity contribution in [3.8, 4) is 11.5 Å². The van der Waals surface area contributed by atoms with E-state index in [9.17, 15) is 4.79 Å². The maximum Gasteiger partial charge on any atom is 0.257 e. The molecule has 4 aromatic rings. The number of halogens is 1. The van der Waals surface area contributed by atoms with Crippen LogP contribution < -0.4 is 10.6 Å². The number of benzene rings is 3. The summed E-state index contributed by atoms with van der Waals surface area (Å²) in [5, 5.41) is 6.27. The lowest BCUT2D eigenvalue weighted by atomic mass is 10.1. The summed E-state index contributed by atoms with van der Waals surface area (Å²) in [7, 11) is 0. The average molecular weight is 436 g/mol. The number of oxazole rings is 1. The first-order valence-corrected chi connectivity index (χ1v) is 10.0. The fourth-order valence-corrected chi connectivity index (χ4v) is 3.33. The quantitative estimate of drug-likeness (QED) is 0.392. The maximum atomic E-state index is 12.5. The molecule has 0 unspecified atom stereocenters. The van der Waals surface area contributed by atoms with Gasteiger partial charge in [0.15, 0.2) is 10.7 Å². The summed E-state index contributed by atoms with van der Waals surface area (Å²) < 4.78 is 5.81. The number of hydrogen-bond donors (Lipinski definition) is 2. The Morgan fingerprint density at radius 2 is 1.83 bits per heavy atom. The maximum absolute atomic E-state index is 12.5. The first-order chi connectivity index (χ1) is 14.4. The van der Waals surface area contributed by atoms with Gasteiger partial charge in [0.25, 0.3) is 5.91 Å². The smallest absolute Gasteiger partial charge is 0.257 e. The highest BCUT2D eigenvalue weighted by molar-refractivity contribution is 7.80. The van der Waals surface area contributed by atoms with Crippen molar-refractivity contribution in [3.63, 3.8) is 0 Å². The van der Waals surface area contributed by atoms with E-state index in [0.717, 1.165) is 22.2 Å². The van der Waals surface area contributed by atoms with Gasteiger partial charge in [-0.05, 0) is 79.7 Å². The Morgan fingerprint density at radius 3 is 2.60 bits per heavy atom. The number of carbonyl (C=O) groups excluding carboxylic acids is 1.